The third kappa shape index (κ3) is 8.16. The molecule has 14 heteroatoms. The molecule has 2 aromatic heterocycles. The molecule has 63 heavy (non-hydrogen) atoms. The van der Waals surface area contributed by atoms with Crippen molar-refractivity contribution in [3.8, 4) is 11.1 Å². The van der Waals surface area contributed by atoms with E-state index in [4.69, 9.17) is 19.4 Å². The minimum atomic E-state index is -0.946. The van der Waals surface area contributed by atoms with Crippen LogP contribution in [0.2, 0.25) is 0 Å². The number of benzene rings is 5. The molecule has 7 aromatic rings. The Hall–Kier alpha value is -7.22. The average Bonchev–Trinajstić information content (AvgIpc) is 4.05. The summed E-state index contributed by atoms with van der Waals surface area (Å²) < 4.78 is 9.67. The summed E-state index contributed by atoms with van der Waals surface area (Å²) in [4.78, 5) is 73.1. The van der Waals surface area contributed by atoms with E-state index in [1.165, 1.54) is 14.2 Å². The highest BCUT2D eigenvalue weighted by Crippen LogP contribution is 2.39. The molecule has 5 aromatic carbocycles. The summed E-state index contributed by atoms with van der Waals surface area (Å²) in [6.07, 6.45) is -0.00367. The van der Waals surface area contributed by atoms with E-state index in [9.17, 15) is 19.2 Å². The predicted octanol–water partition coefficient (Wildman–Crippen LogP) is 9.02. The number of fused-ring (bicyclic) bond motifs is 6. The molecule has 324 valence electrons. The Labute approximate surface area is 365 Å². The average molecular weight is 849 g/mol. The minimum absolute atomic E-state index is 0.148. The molecule has 14 nitrogen and oxygen atoms in total. The van der Waals surface area contributed by atoms with Crippen molar-refractivity contribution in [1.29, 1.82) is 0 Å². The summed E-state index contributed by atoms with van der Waals surface area (Å²) in [5.41, 5.74) is 6.88. The van der Waals surface area contributed by atoms with Gasteiger partial charge in [0.1, 0.15) is 29.8 Å². The van der Waals surface area contributed by atoms with Crippen LogP contribution in [0.15, 0.2) is 103 Å². The molecule has 4 N–H and O–H groups in total. The molecule has 4 amide bonds. The number of alkyl carbamates (subject to hydrolysis) is 2. The quantitative estimate of drug-likeness (QED) is 0.0882. The van der Waals surface area contributed by atoms with Crippen LogP contribution in [0.1, 0.15) is 75.9 Å². The number of nitrogens with one attached hydrogen (secondary N) is 4. The molecule has 0 aliphatic carbocycles. The van der Waals surface area contributed by atoms with Gasteiger partial charge in [-0.1, -0.05) is 94.1 Å². The van der Waals surface area contributed by atoms with Crippen LogP contribution in [0, 0.1) is 5.92 Å². The predicted molar refractivity (Wildman–Crippen MR) is 244 cm³/mol. The number of aromatic nitrogens is 4. The fraction of sp³-hybridized carbons (Fsp3) is 0.306. The van der Waals surface area contributed by atoms with Crippen molar-refractivity contribution < 1.29 is 28.7 Å². The lowest BCUT2D eigenvalue weighted by Crippen LogP contribution is -2.52. The molecule has 1 aliphatic heterocycles. The maximum Gasteiger partial charge on any atom is 0.407 e. The molecule has 0 saturated carbocycles. The molecule has 0 bridgehead atoms. The molecular weight excluding hydrogens is 797 g/mol. The number of H-pyrrole nitrogens is 2. The molecule has 4 atom stereocenters. The molecule has 0 unspecified atom stereocenters. The lowest BCUT2D eigenvalue weighted by molar-refractivity contribution is -0.137. The first-order valence-electron chi connectivity index (χ1n) is 21.3. The smallest absolute Gasteiger partial charge is 0.407 e. The van der Waals surface area contributed by atoms with Crippen LogP contribution >= 0.6 is 0 Å². The second-order valence-corrected chi connectivity index (χ2v) is 16.4. The second-order valence-electron chi connectivity index (χ2n) is 16.4. The SMILES string of the molecule is C=C1CCN(C(=O)[C@H](NC(=O)OC)c2ccccc2)[C@@H]1c1nc2c(ccc3cc(-c4ccc5c(ccc6[nH]c([C@H](C)N(CCC)C(=O)[C@@H](NC(=O)OC)C(C)C)nc65)c4)ccc32)[nH]1. The number of rotatable bonds is 12. The Morgan fingerprint density at radius 1 is 0.810 bits per heavy atom. The van der Waals surface area contributed by atoms with Crippen molar-refractivity contribution in [3.05, 3.63) is 120 Å². The van der Waals surface area contributed by atoms with Crippen LogP contribution in [0.4, 0.5) is 9.59 Å². The van der Waals surface area contributed by atoms with Gasteiger partial charge in [0.25, 0.3) is 5.91 Å². The summed E-state index contributed by atoms with van der Waals surface area (Å²) in [5.74, 6) is 0.657. The first-order chi connectivity index (χ1) is 30.4. The zero-order valence-electron chi connectivity index (χ0n) is 36.3. The lowest BCUT2D eigenvalue weighted by Gasteiger charge is -2.32. The minimum Gasteiger partial charge on any atom is -0.453 e. The standard InChI is InChI=1S/C49H52N8O6/c1-8-23-56(46(58)39(27(2)3)54-48(60)62-6)29(5)44-50-37-20-16-33-25-31(14-18-35(33)41(37)52-44)32-15-19-36-34(26-32)17-21-38-42(36)53-45(51-38)43-28(4)22-24-57(43)47(59)40(55-49(61)63-7)30-12-10-9-11-13-30/h9-21,25-27,29,39-40,43H,4,8,22-24H2,1-3,5-7H3,(H,50,52)(H,51,53)(H,54,60)(H,55,61)/t29-,39-,40+,43-/m0/s1. The monoisotopic (exact) mass is 848 g/mol. The third-order valence-electron chi connectivity index (χ3n) is 12.1. The number of hydrogen-bond donors (Lipinski definition) is 4. The second kappa shape index (κ2) is 17.6. The van der Waals surface area contributed by atoms with E-state index in [0.29, 0.717) is 36.7 Å². The van der Waals surface area contributed by atoms with Gasteiger partial charge in [-0.05, 0) is 83.0 Å². The number of aromatic amines is 2. The van der Waals surface area contributed by atoms with Crippen LogP contribution < -0.4 is 10.6 Å². The van der Waals surface area contributed by atoms with E-state index in [1.54, 1.807) is 21.9 Å². The molecule has 0 spiro atoms. The van der Waals surface area contributed by atoms with Gasteiger partial charge in [-0.2, -0.15) is 0 Å². The molecule has 1 saturated heterocycles. The summed E-state index contributed by atoms with van der Waals surface area (Å²) in [5, 5.41) is 9.41. The first kappa shape index (κ1) is 42.5. The Kier molecular flexibility index (Phi) is 11.9. The molecule has 0 radical (unpaired) electrons. The Bertz CT molecular complexity index is 2890. The van der Waals surface area contributed by atoms with E-state index in [-0.39, 0.29) is 23.8 Å². The van der Waals surface area contributed by atoms with Gasteiger partial charge >= 0.3 is 12.2 Å². The van der Waals surface area contributed by atoms with E-state index in [1.807, 2.05) is 58.0 Å². The molecule has 1 fully saturated rings. The van der Waals surface area contributed by atoms with Gasteiger partial charge in [-0.25, -0.2) is 19.6 Å². The zero-order valence-corrected chi connectivity index (χ0v) is 36.3. The van der Waals surface area contributed by atoms with Crippen molar-refractivity contribution in [3.63, 3.8) is 0 Å². The van der Waals surface area contributed by atoms with Crippen molar-refractivity contribution in [2.75, 3.05) is 27.3 Å². The summed E-state index contributed by atoms with van der Waals surface area (Å²) >= 11 is 0. The molecule has 8 rings (SSSR count). The van der Waals surface area contributed by atoms with Crippen LogP contribution in [0.3, 0.4) is 0 Å². The van der Waals surface area contributed by atoms with Crippen molar-refractivity contribution >= 4 is 67.6 Å². The number of ether oxygens (including phenoxy) is 2. The summed E-state index contributed by atoms with van der Waals surface area (Å²) in [6, 6.07) is 27.4. The zero-order chi connectivity index (χ0) is 44.5. The van der Waals surface area contributed by atoms with Crippen LogP contribution in [0.25, 0.3) is 54.7 Å². The summed E-state index contributed by atoms with van der Waals surface area (Å²) in [7, 11) is 2.56. The van der Waals surface area contributed by atoms with E-state index in [2.05, 4.69) is 75.7 Å². The number of hydrogen-bond acceptors (Lipinski definition) is 8. The molecule has 3 heterocycles. The van der Waals surface area contributed by atoms with Crippen molar-refractivity contribution in [1.82, 2.24) is 40.4 Å². The number of imidazole rings is 2. The first-order valence-corrected chi connectivity index (χ1v) is 21.3. The number of methoxy groups -OCH3 is 2. The highest BCUT2D eigenvalue weighted by Gasteiger charge is 2.39. The van der Waals surface area contributed by atoms with Gasteiger partial charge in [0, 0.05) is 23.9 Å². The fourth-order valence-corrected chi connectivity index (χ4v) is 8.69. The topological polar surface area (TPSA) is 175 Å². The normalized spacial score (nSPS) is 15.5. The Morgan fingerprint density at radius 3 is 2.02 bits per heavy atom. The van der Waals surface area contributed by atoms with E-state index in [0.717, 1.165) is 66.7 Å². The van der Waals surface area contributed by atoms with E-state index >= 15 is 0 Å². The fourth-order valence-electron chi connectivity index (χ4n) is 8.69. The number of carbonyl (C=O) groups excluding carboxylic acids is 4. The van der Waals surface area contributed by atoms with Crippen LogP contribution in [-0.4, -0.2) is 87.1 Å². The van der Waals surface area contributed by atoms with Gasteiger partial charge in [0.15, 0.2) is 0 Å². The van der Waals surface area contributed by atoms with Gasteiger partial charge in [0.05, 0.1) is 42.3 Å². The number of amides is 4. The van der Waals surface area contributed by atoms with Crippen LogP contribution in [-0.2, 0) is 19.1 Å². The van der Waals surface area contributed by atoms with Crippen LogP contribution in [0.5, 0.6) is 0 Å². The Balaban J connectivity index is 1.06. The van der Waals surface area contributed by atoms with Gasteiger partial charge in [-0.15, -0.1) is 0 Å². The molecule has 1 aliphatic rings. The van der Waals surface area contributed by atoms with Gasteiger partial charge in [-0.3, -0.25) is 9.59 Å². The number of nitrogens with zero attached hydrogens (tertiary/aromatic N) is 4. The largest absolute Gasteiger partial charge is 0.453 e. The van der Waals surface area contributed by atoms with Gasteiger partial charge in [0.2, 0.25) is 5.91 Å². The summed E-state index contributed by atoms with van der Waals surface area (Å²) in [6.45, 7) is 13.0. The maximum atomic E-state index is 14.2. The van der Waals surface area contributed by atoms with Gasteiger partial charge < -0.3 is 39.9 Å². The van der Waals surface area contributed by atoms with Crippen molar-refractivity contribution in [2.24, 2.45) is 5.92 Å². The highest BCUT2D eigenvalue weighted by atomic mass is 16.5. The molecular formula is C49H52N8O6. The lowest BCUT2D eigenvalue weighted by atomic mass is 9.98. The van der Waals surface area contributed by atoms with Crippen molar-refractivity contribution in [2.45, 2.75) is 64.7 Å². The number of likely N-dealkylation sites (tertiary alicyclic amines) is 1. The van der Waals surface area contributed by atoms with E-state index < -0.39 is 30.3 Å². The Morgan fingerprint density at radius 2 is 1.41 bits per heavy atom. The number of carbonyl (C=O) groups is 4. The maximum absolute atomic E-state index is 14.2. The third-order valence-corrected chi connectivity index (χ3v) is 12.1. The highest BCUT2D eigenvalue weighted by molar-refractivity contribution is 6.07.